The van der Waals surface area contributed by atoms with E-state index in [4.69, 9.17) is 0 Å². The van der Waals surface area contributed by atoms with Crippen molar-refractivity contribution < 1.29 is 22.4 Å². The van der Waals surface area contributed by atoms with Gasteiger partial charge in [-0.1, -0.05) is 6.07 Å². The fourth-order valence-electron chi connectivity index (χ4n) is 2.33. The van der Waals surface area contributed by atoms with Crippen molar-refractivity contribution in [2.75, 3.05) is 13.6 Å². The van der Waals surface area contributed by atoms with Crippen LogP contribution in [0.15, 0.2) is 29.6 Å². The third kappa shape index (κ3) is 5.54. The molecule has 0 unspecified atom stereocenters. The van der Waals surface area contributed by atoms with E-state index in [1.54, 1.807) is 23.3 Å². The molecule has 0 radical (unpaired) electrons. The topological polar surface area (TPSA) is 32.3 Å². The Morgan fingerprint density at radius 3 is 2.60 bits per heavy atom. The Morgan fingerprint density at radius 2 is 2.00 bits per heavy atom. The molecule has 0 saturated carbocycles. The van der Waals surface area contributed by atoms with Gasteiger partial charge < -0.3 is 5.32 Å². The van der Waals surface area contributed by atoms with Gasteiger partial charge in [-0.05, 0) is 48.7 Å². The smallest absolute Gasteiger partial charge is 0.351 e. The molecular formula is C17H18F4N2OS. The summed E-state index contributed by atoms with van der Waals surface area (Å²) >= 11 is 1.59. The zero-order valence-electron chi connectivity index (χ0n) is 13.8. The molecule has 1 heterocycles. The Kier molecular flexibility index (Phi) is 6.18. The van der Waals surface area contributed by atoms with E-state index in [0.29, 0.717) is 12.6 Å². The average Bonchev–Trinajstić information content (AvgIpc) is 2.90. The molecule has 1 amide bonds. The summed E-state index contributed by atoms with van der Waals surface area (Å²) in [7, 11) is 1.76. The normalized spacial score (nSPS) is 11.8. The molecule has 2 rings (SSSR count). The average molecular weight is 374 g/mol. The number of halogens is 4. The van der Waals surface area contributed by atoms with Gasteiger partial charge in [-0.3, -0.25) is 9.69 Å². The summed E-state index contributed by atoms with van der Waals surface area (Å²) in [5.74, 6) is -1.36. The lowest BCUT2D eigenvalue weighted by atomic mass is 10.1. The van der Waals surface area contributed by atoms with Gasteiger partial charge in [0.15, 0.2) is 0 Å². The highest BCUT2D eigenvalue weighted by Gasteiger charge is 2.33. The van der Waals surface area contributed by atoms with Gasteiger partial charge in [0.25, 0.3) is 0 Å². The van der Waals surface area contributed by atoms with E-state index in [1.165, 1.54) is 0 Å². The van der Waals surface area contributed by atoms with Crippen LogP contribution in [0.25, 0.3) is 0 Å². The molecule has 2 aromatic rings. The molecule has 0 bridgehead atoms. The number of alkyl halides is 3. The maximum absolute atomic E-state index is 13.1. The lowest BCUT2D eigenvalue weighted by Crippen LogP contribution is -2.34. The predicted molar refractivity (Wildman–Crippen MR) is 88.6 cm³/mol. The van der Waals surface area contributed by atoms with Gasteiger partial charge in [0.05, 0.1) is 12.1 Å². The first kappa shape index (κ1) is 19.4. The molecule has 0 saturated heterocycles. The second-order valence-electron chi connectivity index (χ2n) is 5.78. The van der Waals surface area contributed by atoms with Gasteiger partial charge in [0.2, 0.25) is 5.91 Å². The minimum Gasteiger partial charge on any atom is -0.351 e. The number of hydrogen-bond acceptors (Lipinski definition) is 3. The van der Waals surface area contributed by atoms with Crippen LogP contribution in [0.2, 0.25) is 0 Å². The van der Waals surface area contributed by atoms with E-state index in [2.05, 4.69) is 5.32 Å². The van der Waals surface area contributed by atoms with Crippen LogP contribution in [-0.2, 0) is 24.1 Å². The van der Waals surface area contributed by atoms with Crippen molar-refractivity contribution in [3.63, 3.8) is 0 Å². The van der Waals surface area contributed by atoms with Gasteiger partial charge in [-0.15, -0.1) is 11.3 Å². The molecule has 0 aliphatic heterocycles. The Labute approximate surface area is 147 Å². The summed E-state index contributed by atoms with van der Waals surface area (Å²) in [6.07, 6.45) is -4.67. The summed E-state index contributed by atoms with van der Waals surface area (Å²) < 4.78 is 51.8. The minimum absolute atomic E-state index is 0.0554. The maximum atomic E-state index is 13.1. The highest BCUT2D eigenvalue weighted by molar-refractivity contribution is 7.10. The largest absolute Gasteiger partial charge is 0.416 e. The molecule has 0 aliphatic rings. The monoisotopic (exact) mass is 374 g/mol. The number of thiophene rings is 1. The summed E-state index contributed by atoms with van der Waals surface area (Å²) in [5, 5.41) is 4.42. The third-order valence-corrected chi connectivity index (χ3v) is 4.66. The number of benzene rings is 1. The van der Waals surface area contributed by atoms with Crippen molar-refractivity contribution in [1.29, 1.82) is 0 Å². The number of hydrogen-bond donors (Lipinski definition) is 1. The number of aryl methyl sites for hydroxylation is 1. The van der Waals surface area contributed by atoms with Crippen LogP contribution < -0.4 is 5.32 Å². The van der Waals surface area contributed by atoms with Crippen LogP contribution in [-0.4, -0.2) is 24.4 Å². The SMILES string of the molecule is Cc1ccsc1CN(C)CC(=O)NCc1ccc(F)cc1C(F)(F)F. The molecule has 0 aliphatic carbocycles. The Morgan fingerprint density at radius 1 is 1.28 bits per heavy atom. The van der Waals surface area contributed by atoms with Crippen molar-refractivity contribution in [3.8, 4) is 0 Å². The molecule has 136 valence electrons. The van der Waals surface area contributed by atoms with Crippen molar-refractivity contribution in [3.05, 3.63) is 57.0 Å². The number of amides is 1. The van der Waals surface area contributed by atoms with E-state index in [9.17, 15) is 22.4 Å². The summed E-state index contributed by atoms with van der Waals surface area (Å²) in [4.78, 5) is 14.9. The quantitative estimate of drug-likeness (QED) is 0.777. The first-order valence-corrected chi connectivity index (χ1v) is 8.38. The minimum atomic E-state index is -4.67. The van der Waals surface area contributed by atoms with Gasteiger partial charge >= 0.3 is 6.18 Å². The number of likely N-dealkylation sites (N-methyl/N-ethyl adjacent to an activating group) is 1. The number of rotatable bonds is 6. The van der Waals surface area contributed by atoms with E-state index in [-0.39, 0.29) is 18.7 Å². The fraction of sp³-hybridized carbons (Fsp3) is 0.353. The molecular weight excluding hydrogens is 356 g/mol. The maximum Gasteiger partial charge on any atom is 0.416 e. The number of carbonyl (C=O) groups excluding carboxylic acids is 1. The molecule has 1 aromatic carbocycles. The second-order valence-corrected chi connectivity index (χ2v) is 6.78. The summed E-state index contributed by atoms with van der Waals surface area (Å²) in [5.41, 5.74) is -0.104. The van der Waals surface area contributed by atoms with Crippen molar-refractivity contribution in [2.45, 2.75) is 26.2 Å². The number of nitrogens with one attached hydrogen (secondary N) is 1. The van der Waals surface area contributed by atoms with Gasteiger partial charge in [0.1, 0.15) is 5.82 Å². The molecule has 8 heteroatoms. The molecule has 1 N–H and O–H groups in total. The molecule has 25 heavy (non-hydrogen) atoms. The van der Waals surface area contributed by atoms with Gasteiger partial charge in [-0.2, -0.15) is 13.2 Å². The van der Waals surface area contributed by atoms with Crippen molar-refractivity contribution >= 4 is 17.2 Å². The Hall–Kier alpha value is -1.93. The standard InChI is InChI=1S/C17H18F4N2OS/c1-11-5-6-25-15(11)9-23(2)10-16(24)22-8-12-3-4-13(18)7-14(12)17(19,20)21/h3-7H,8-10H2,1-2H3,(H,22,24). The Bertz CT molecular complexity index is 742. The summed E-state index contributed by atoms with van der Waals surface area (Å²) in [6, 6.07) is 4.41. The lowest BCUT2D eigenvalue weighted by Gasteiger charge is -2.17. The number of nitrogens with zero attached hydrogens (tertiary/aromatic N) is 1. The molecule has 0 atom stereocenters. The van der Waals surface area contributed by atoms with Gasteiger partial charge in [0, 0.05) is 18.0 Å². The van der Waals surface area contributed by atoms with Crippen LogP contribution in [0.1, 0.15) is 21.6 Å². The fourth-order valence-corrected chi connectivity index (χ4v) is 3.31. The molecule has 3 nitrogen and oxygen atoms in total. The summed E-state index contributed by atoms with van der Waals surface area (Å²) in [6.45, 7) is 2.31. The first-order valence-electron chi connectivity index (χ1n) is 7.50. The number of carbonyl (C=O) groups is 1. The molecule has 0 fully saturated rings. The van der Waals surface area contributed by atoms with E-state index >= 15 is 0 Å². The zero-order valence-corrected chi connectivity index (χ0v) is 14.6. The highest BCUT2D eigenvalue weighted by atomic mass is 32.1. The van der Waals surface area contributed by atoms with E-state index in [0.717, 1.165) is 22.6 Å². The third-order valence-electron chi connectivity index (χ3n) is 3.65. The van der Waals surface area contributed by atoms with Crippen LogP contribution in [0.4, 0.5) is 17.6 Å². The van der Waals surface area contributed by atoms with Gasteiger partial charge in [-0.25, -0.2) is 4.39 Å². The van der Waals surface area contributed by atoms with Crippen molar-refractivity contribution in [1.82, 2.24) is 10.2 Å². The zero-order chi connectivity index (χ0) is 18.6. The second kappa shape index (κ2) is 7.97. The van der Waals surface area contributed by atoms with Crippen LogP contribution in [0.3, 0.4) is 0 Å². The molecule has 0 spiro atoms. The molecule has 1 aromatic heterocycles. The van der Waals surface area contributed by atoms with Crippen LogP contribution in [0.5, 0.6) is 0 Å². The van der Waals surface area contributed by atoms with Crippen LogP contribution in [0, 0.1) is 12.7 Å². The first-order chi connectivity index (χ1) is 11.7. The lowest BCUT2D eigenvalue weighted by molar-refractivity contribution is -0.138. The highest BCUT2D eigenvalue weighted by Crippen LogP contribution is 2.32. The van der Waals surface area contributed by atoms with E-state index < -0.39 is 23.5 Å². The van der Waals surface area contributed by atoms with Crippen molar-refractivity contribution in [2.24, 2.45) is 0 Å². The van der Waals surface area contributed by atoms with E-state index in [1.807, 2.05) is 18.4 Å². The Balaban J connectivity index is 1.93. The van der Waals surface area contributed by atoms with Crippen LogP contribution >= 0.6 is 11.3 Å². The predicted octanol–water partition coefficient (Wildman–Crippen LogP) is 3.96.